The highest BCUT2D eigenvalue weighted by atomic mass is 32.1. The van der Waals surface area contributed by atoms with Crippen LogP contribution in [0.3, 0.4) is 0 Å². The summed E-state index contributed by atoms with van der Waals surface area (Å²) in [7, 11) is 1.38. The first kappa shape index (κ1) is 12.7. The van der Waals surface area contributed by atoms with E-state index < -0.39 is 0 Å². The number of para-hydroxylation sites is 1. The summed E-state index contributed by atoms with van der Waals surface area (Å²) in [5.74, 6) is -0.280. The van der Waals surface area contributed by atoms with Crippen LogP contribution in [0.4, 0.5) is 0 Å². The number of aromatic nitrogens is 2. The highest BCUT2D eigenvalue weighted by Gasteiger charge is 2.11. The van der Waals surface area contributed by atoms with Gasteiger partial charge in [0.15, 0.2) is 0 Å². The minimum atomic E-state index is -0.280. The van der Waals surface area contributed by atoms with Crippen molar-refractivity contribution in [2.75, 3.05) is 7.11 Å². The number of fused-ring (bicyclic) bond motifs is 1. The van der Waals surface area contributed by atoms with Gasteiger partial charge in [0.2, 0.25) is 0 Å². The maximum Gasteiger partial charge on any atom is 0.311 e. The molecule has 0 amide bonds. The molecule has 1 aromatic carbocycles. The summed E-state index contributed by atoms with van der Waals surface area (Å²) in [6.07, 6.45) is 1.97. The van der Waals surface area contributed by atoms with Gasteiger partial charge < -0.3 is 4.74 Å². The molecule has 0 N–H and O–H groups in total. The van der Waals surface area contributed by atoms with Crippen LogP contribution >= 0.6 is 11.3 Å². The van der Waals surface area contributed by atoms with Crippen LogP contribution in [-0.4, -0.2) is 23.0 Å². The van der Waals surface area contributed by atoms with Crippen molar-refractivity contribution in [3.05, 3.63) is 47.6 Å². The number of carbonyl (C=O) groups excluding carboxylic acids is 1. The summed E-state index contributed by atoms with van der Waals surface area (Å²) >= 11 is 1.51. The van der Waals surface area contributed by atoms with Crippen LogP contribution in [0.15, 0.2) is 41.9 Å². The lowest BCUT2D eigenvalue weighted by Gasteiger charge is -2.02. The smallest absolute Gasteiger partial charge is 0.311 e. The number of methoxy groups -OCH3 is 1. The van der Waals surface area contributed by atoms with E-state index in [1.165, 1.54) is 18.4 Å². The summed E-state index contributed by atoms with van der Waals surface area (Å²) in [6, 6.07) is 9.94. The lowest BCUT2D eigenvalue weighted by molar-refractivity contribution is -0.139. The van der Waals surface area contributed by atoms with E-state index >= 15 is 0 Å². The molecule has 2 heterocycles. The number of benzene rings is 1. The Kier molecular flexibility index (Phi) is 3.43. The Morgan fingerprint density at radius 2 is 2.15 bits per heavy atom. The topological polar surface area (TPSA) is 52.1 Å². The Labute approximate surface area is 120 Å². The van der Waals surface area contributed by atoms with Gasteiger partial charge >= 0.3 is 5.97 Å². The second kappa shape index (κ2) is 5.38. The molecule has 3 rings (SSSR count). The molecular weight excluding hydrogens is 272 g/mol. The zero-order valence-electron chi connectivity index (χ0n) is 10.9. The quantitative estimate of drug-likeness (QED) is 0.694. The average molecular weight is 284 g/mol. The Balaban J connectivity index is 2.01. The van der Waals surface area contributed by atoms with Crippen LogP contribution < -0.4 is 0 Å². The third kappa shape index (κ3) is 2.40. The Hall–Kier alpha value is -2.27. The molecule has 0 saturated carbocycles. The normalized spacial score (nSPS) is 10.7. The van der Waals surface area contributed by atoms with Crippen LogP contribution in [0.2, 0.25) is 0 Å². The van der Waals surface area contributed by atoms with Gasteiger partial charge in [-0.25, -0.2) is 4.98 Å². The van der Waals surface area contributed by atoms with Gasteiger partial charge in [-0.2, -0.15) is 0 Å². The highest BCUT2D eigenvalue weighted by Crippen LogP contribution is 2.29. The van der Waals surface area contributed by atoms with E-state index in [4.69, 9.17) is 0 Å². The predicted octanol–water partition coefficient (Wildman–Crippen LogP) is 3.07. The van der Waals surface area contributed by atoms with Crippen LogP contribution in [0.25, 0.3) is 21.5 Å². The lowest BCUT2D eigenvalue weighted by atomic mass is 10.1. The number of carbonyl (C=O) groups is 1. The van der Waals surface area contributed by atoms with Crippen LogP contribution in [0, 0.1) is 0 Å². The number of rotatable bonds is 3. The number of ether oxygens (including phenoxy) is 1. The van der Waals surface area contributed by atoms with E-state index in [2.05, 4.69) is 14.7 Å². The van der Waals surface area contributed by atoms with Crippen molar-refractivity contribution in [2.24, 2.45) is 0 Å². The number of hydrogen-bond donors (Lipinski definition) is 0. The molecule has 0 bridgehead atoms. The van der Waals surface area contributed by atoms with Gasteiger partial charge in [-0.05, 0) is 12.1 Å². The maximum absolute atomic E-state index is 11.3. The second-order valence-electron chi connectivity index (χ2n) is 4.28. The van der Waals surface area contributed by atoms with Gasteiger partial charge in [-0.15, -0.1) is 11.3 Å². The number of esters is 1. The third-order valence-electron chi connectivity index (χ3n) is 2.97. The summed E-state index contributed by atoms with van der Waals surface area (Å²) in [6.45, 7) is 0. The molecule has 20 heavy (non-hydrogen) atoms. The van der Waals surface area contributed by atoms with E-state index in [1.54, 1.807) is 6.20 Å². The van der Waals surface area contributed by atoms with E-state index in [9.17, 15) is 4.79 Å². The summed E-state index contributed by atoms with van der Waals surface area (Å²) in [5.41, 5.74) is 2.64. The summed E-state index contributed by atoms with van der Waals surface area (Å²) < 4.78 is 4.65. The first-order valence-corrected chi connectivity index (χ1v) is 7.01. The number of pyridine rings is 1. The molecule has 0 saturated heterocycles. The fraction of sp³-hybridized carbons (Fsp3) is 0.133. The highest BCUT2D eigenvalue weighted by molar-refractivity contribution is 7.13. The van der Waals surface area contributed by atoms with Gasteiger partial charge in [-0.1, -0.05) is 18.2 Å². The van der Waals surface area contributed by atoms with Gasteiger partial charge in [0.05, 0.1) is 24.7 Å². The molecule has 0 aliphatic heterocycles. The van der Waals surface area contributed by atoms with Crippen molar-refractivity contribution < 1.29 is 9.53 Å². The molecule has 2 aromatic heterocycles. The molecule has 0 radical (unpaired) electrons. The SMILES string of the molecule is COC(=O)Cc1csc(-c2cccc3cccnc23)n1. The Bertz CT molecular complexity index is 762. The first-order chi connectivity index (χ1) is 9.78. The number of nitrogens with zero attached hydrogens (tertiary/aromatic N) is 2. The van der Waals surface area contributed by atoms with Gasteiger partial charge in [0.1, 0.15) is 5.01 Å². The summed E-state index contributed by atoms with van der Waals surface area (Å²) in [5, 5.41) is 3.83. The Morgan fingerprint density at radius 3 is 3.00 bits per heavy atom. The molecule has 0 spiro atoms. The fourth-order valence-corrected chi connectivity index (χ4v) is 2.85. The van der Waals surface area contributed by atoms with Gasteiger partial charge in [0, 0.05) is 22.5 Å². The molecule has 0 unspecified atom stereocenters. The third-order valence-corrected chi connectivity index (χ3v) is 3.89. The van der Waals surface area contributed by atoms with Crippen molar-refractivity contribution in [2.45, 2.75) is 6.42 Å². The second-order valence-corrected chi connectivity index (χ2v) is 5.14. The molecule has 0 aliphatic rings. The zero-order valence-corrected chi connectivity index (χ0v) is 11.7. The monoisotopic (exact) mass is 284 g/mol. The van der Waals surface area contributed by atoms with Crippen molar-refractivity contribution >= 4 is 28.2 Å². The molecule has 0 fully saturated rings. The van der Waals surface area contributed by atoms with Crippen LogP contribution in [-0.2, 0) is 16.0 Å². The fourth-order valence-electron chi connectivity index (χ4n) is 2.01. The van der Waals surface area contributed by atoms with E-state index in [0.717, 1.165) is 27.2 Å². The standard InChI is InChI=1S/C15H12N2O2S/c1-19-13(18)8-11-9-20-15(17-11)12-6-2-4-10-5-3-7-16-14(10)12/h2-7,9H,8H2,1H3. The van der Waals surface area contributed by atoms with Crippen LogP contribution in [0.5, 0.6) is 0 Å². The van der Waals surface area contributed by atoms with E-state index in [1.807, 2.05) is 35.7 Å². The number of thiazole rings is 1. The predicted molar refractivity (Wildman–Crippen MR) is 78.6 cm³/mol. The molecule has 0 atom stereocenters. The largest absolute Gasteiger partial charge is 0.469 e. The average Bonchev–Trinajstić information content (AvgIpc) is 2.94. The lowest BCUT2D eigenvalue weighted by Crippen LogP contribution is -2.04. The van der Waals surface area contributed by atoms with E-state index in [-0.39, 0.29) is 12.4 Å². The maximum atomic E-state index is 11.3. The molecular formula is C15H12N2O2S. The zero-order chi connectivity index (χ0) is 13.9. The molecule has 100 valence electrons. The van der Waals surface area contributed by atoms with Crippen molar-refractivity contribution in [1.29, 1.82) is 0 Å². The van der Waals surface area contributed by atoms with Crippen LogP contribution in [0.1, 0.15) is 5.69 Å². The molecule has 5 heteroatoms. The molecule has 4 nitrogen and oxygen atoms in total. The van der Waals surface area contributed by atoms with Crippen molar-refractivity contribution in [1.82, 2.24) is 9.97 Å². The Morgan fingerprint density at radius 1 is 1.30 bits per heavy atom. The minimum Gasteiger partial charge on any atom is -0.469 e. The minimum absolute atomic E-state index is 0.200. The summed E-state index contributed by atoms with van der Waals surface area (Å²) in [4.78, 5) is 20.2. The molecule has 3 aromatic rings. The van der Waals surface area contributed by atoms with Crippen molar-refractivity contribution in [3.63, 3.8) is 0 Å². The van der Waals surface area contributed by atoms with E-state index in [0.29, 0.717) is 0 Å². The van der Waals surface area contributed by atoms with Gasteiger partial charge in [0.25, 0.3) is 0 Å². The first-order valence-electron chi connectivity index (χ1n) is 6.13. The molecule has 0 aliphatic carbocycles. The van der Waals surface area contributed by atoms with Crippen molar-refractivity contribution in [3.8, 4) is 10.6 Å². The van der Waals surface area contributed by atoms with Gasteiger partial charge in [-0.3, -0.25) is 9.78 Å². The number of hydrogen-bond acceptors (Lipinski definition) is 5.